The summed E-state index contributed by atoms with van der Waals surface area (Å²) in [5, 5.41) is 16.4. The summed E-state index contributed by atoms with van der Waals surface area (Å²) in [5.41, 5.74) is 2.71. The van der Waals surface area contributed by atoms with Crippen molar-refractivity contribution in [2.75, 3.05) is 20.8 Å². The van der Waals surface area contributed by atoms with Crippen LogP contribution in [-0.2, 0) is 0 Å². The summed E-state index contributed by atoms with van der Waals surface area (Å²) < 4.78 is 12.1. The third-order valence-corrected chi connectivity index (χ3v) is 4.13. The fraction of sp³-hybridized carbons (Fsp3) is 0.294. The van der Waals surface area contributed by atoms with Crippen LogP contribution in [0.4, 0.5) is 0 Å². The molecule has 2 aromatic rings. The number of hydrogen-bond acceptors (Lipinski definition) is 6. The van der Waals surface area contributed by atoms with Crippen LogP contribution in [0, 0.1) is 6.92 Å². The maximum Gasteiger partial charge on any atom is 0.206 e. The zero-order chi connectivity index (χ0) is 17.7. The van der Waals surface area contributed by atoms with Gasteiger partial charge in [0.1, 0.15) is 0 Å². The first-order valence-corrected chi connectivity index (χ1v) is 8.15. The molecule has 1 aromatic heterocycles. The smallest absolute Gasteiger partial charge is 0.206 e. The molecule has 0 radical (unpaired) electrons. The Morgan fingerprint density at radius 3 is 2.50 bits per heavy atom. The van der Waals surface area contributed by atoms with Crippen molar-refractivity contribution in [1.82, 2.24) is 4.68 Å². The highest BCUT2D eigenvalue weighted by atomic mass is 32.1. The first-order chi connectivity index (χ1) is 11.5. The molecule has 128 valence electrons. The Labute approximate surface area is 145 Å². The SMILES string of the molecule is C=C(C)CN=c1scc(C)n1N=Cc1cc(OC)c(O)c(OC)c1. The van der Waals surface area contributed by atoms with Crippen molar-refractivity contribution in [2.24, 2.45) is 10.1 Å². The molecule has 0 saturated carbocycles. The summed E-state index contributed by atoms with van der Waals surface area (Å²) in [6, 6.07) is 3.38. The standard InChI is InChI=1S/C17H21N3O3S/c1-11(2)8-18-17-20(12(3)10-24-17)19-9-13-6-14(22-4)16(21)15(7-13)23-5/h6-7,9-10,21H,1,8H2,2-5H3. The molecule has 1 N–H and O–H groups in total. The molecule has 0 fully saturated rings. The molecule has 1 heterocycles. The van der Waals surface area contributed by atoms with E-state index in [-0.39, 0.29) is 5.75 Å². The van der Waals surface area contributed by atoms with Gasteiger partial charge in [-0.15, -0.1) is 11.3 Å². The van der Waals surface area contributed by atoms with Crippen molar-refractivity contribution < 1.29 is 14.6 Å². The summed E-state index contributed by atoms with van der Waals surface area (Å²) in [7, 11) is 2.98. The average molecular weight is 347 g/mol. The molecule has 6 nitrogen and oxygen atoms in total. The molecule has 1 aromatic carbocycles. The number of hydrogen-bond donors (Lipinski definition) is 1. The fourth-order valence-corrected chi connectivity index (χ4v) is 2.75. The average Bonchev–Trinajstić information content (AvgIpc) is 2.91. The highest BCUT2D eigenvalue weighted by Crippen LogP contribution is 2.36. The summed E-state index contributed by atoms with van der Waals surface area (Å²) in [4.78, 5) is 5.29. The first kappa shape index (κ1) is 17.8. The fourth-order valence-electron chi connectivity index (χ4n) is 1.95. The van der Waals surface area contributed by atoms with Crippen LogP contribution in [-0.4, -0.2) is 36.8 Å². The third-order valence-electron chi connectivity index (χ3n) is 3.16. The van der Waals surface area contributed by atoms with Gasteiger partial charge in [0, 0.05) is 10.9 Å². The molecule has 24 heavy (non-hydrogen) atoms. The summed E-state index contributed by atoms with van der Waals surface area (Å²) in [6.07, 6.45) is 1.67. The number of aromatic hydroxyl groups is 1. The van der Waals surface area contributed by atoms with Gasteiger partial charge in [-0.25, -0.2) is 4.68 Å². The predicted octanol–water partition coefficient (Wildman–Crippen LogP) is 2.94. The van der Waals surface area contributed by atoms with Gasteiger partial charge in [-0.3, -0.25) is 4.99 Å². The van der Waals surface area contributed by atoms with E-state index in [9.17, 15) is 5.11 Å². The van der Waals surface area contributed by atoms with Crippen LogP contribution in [0.2, 0.25) is 0 Å². The Bertz CT molecular complexity index is 809. The van der Waals surface area contributed by atoms with Crippen LogP contribution in [0.3, 0.4) is 0 Å². The number of phenolic OH excluding ortho intramolecular Hbond substituents is 1. The number of nitrogens with zero attached hydrogens (tertiary/aromatic N) is 3. The normalized spacial score (nSPS) is 11.9. The molecule has 0 bridgehead atoms. The van der Waals surface area contributed by atoms with Gasteiger partial charge < -0.3 is 14.6 Å². The van der Waals surface area contributed by atoms with Gasteiger partial charge in [-0.05, 0) is 26.0 Å². The lowest BCUT2D eigenvalue weighted by molar-refractivity contribution is 0.340. The zero-order valence-electron chi connectivity index (χ0n) is 14.2. The van der Waals surface area contributed by atoms with Crippen LogP contribution in [0.15, 0.2) is 39.8 Å². The van der Waals surface area contributed by atoms with E-state index in [4.69, 9.17) is 9.47 Å². The number of methoxy groups -OCH3 is 2. The molecular formula is C17H21N3O3S. The predicted molar refractivity (Wildman–Crippen MR) is 96.5 cm³/mol. The highest BCUT2D eigenvalue weighted by Gasteiger charge is 2.10. The van der Waals surface area contributed by atoms with E-state index in [1.165, 1.54) is 25.6 Å². The quantitative estimate of drug-likeness (QED) is 0.645. The van der Waals surface area contributed by atoms with Gasteiger partial charge in [0.15, 0.2) is 11.5 Å². The maximum atomic E-state index is 9.95. The van der Waals surface area contributed by atoms with Crippen LogP contribution < -0.4 is 14.3 Å². The molecule has 0 spiro atoms. The number of rotatable bonds is 6. The summed E-state index contributed by atoms with van der Waals surface area (Å²) in [5.74, 6) is 0.624. The Morgan fingerprint density at radius 1 is 1.33 bits per heavy atom. The number of thiazole rings is 1. The van der Waals surface area contributed by atoms with E-state index in [1.54, 1.807) is 23.0 Å². The Morgan fingerprint density at radius 2 is 1.96 bits per heavy atom. The molecule has 2 rings (SSSR count). The molecular weight excluding hydrogens is 326 g/mol. The van der Waals surface area contributed by atoms with Crippen molar-refractivity contribution in [2.45, 2.75) is 13.8 Å². The number of aryl methyl sites for hydroxylation is 1. The van der Waals surface area contributed by atoms with Gasteiger partial charge >= 0.3 is 0 Å². The van der Waals surface area contributed by atoms with E-state index in [1.807, 2.05) is 19.2 Å². The minimum Gasteiger partial charge on any atom is -0.502 e. The van der Waals surface area contributed by atoms with Gasteiger partial charge in [0.05, 0.1) is 32.7 Å². The molecule has 0 saturated heterocycles. The van der Waals surface area contributed by atoms with Crippen LogP contribution in [0.5, 0.6) is 17.2 Å². The van der Waals surface area contributed by atoms with Crippen molar-refractivity contribution >= 4 is 17.6 Å². The van der Waals surface area contributed by atoms with Crippen LogP contribution in [0.1, 0.15) is 18.2 Å². The number of benzene rings is 1. The Hall–Kier alpha value is -2.54. The van der Waals surface area contributed by atoms with E-state index < -0.39 is 0 Å². The van der Waals surface area contributed by atoms with Gasteiger partial charge in [0.2, 0.25) is 10.6 Å². The molecule has 0 unspecified atom stereocenters. The second kappa shape index (κ2) is 7.83. The lowest BCUT2D eigenvalue weighted by Gasteiger charge is -2.09. The topological polar surface area (TPSA) is 68.3 Å². The van der Waals surface area contributed by atoms with Crippen molar-refractivity contribution in [3.63, 3.8) is 0 Å². The maximum absolute atomic E-state index is 9.95. The minimum atomic E-state index is -0.0336. The van der Waals surface area contributed by atoms with Crippen molar-refractivity contribution in [3.8, 4) is 17.2 Å². The van der Waals surface area contributed by atoms with Crippen molar-refractivity contribution in [1.29, 1.82) is 0 Å². The molecule has 0 aliphatic carbocycles. The largest absolute Gasteiger partial charge is 0.502 e. The number of aromatic nitrogens is 1. The van der Waals surface area contributed by atoms with E-state index in [0.717, 1.165) is 21.6 Å². The number of phenols is 1. The molecule has 0 atom stereocenters. The minimum absolute atomic E-state index is 0.0336. The van der Waals surface area contributed by atoms with Gasteiger partial charge in [0.25, 0.3) is 0 Å². The molecule has 0 amide bonds. The monoisotopic (exact) mass is 347 g/mol. The lowest BCUT2D eigenvalue weighted by Crippen LogP contribution is -2.13. The summed E-state index contributed by atoms with van der Waals surface area (Å²) >= 11 is 1.52. The summed E-state index contributed by atoms with van der Waals surface area (Å²) in [6.45, 7) is 8.33. The Balaban J connectivity index is 2.40. The lowest BCUT2D eigenvalue weighted by atomic mass is 10.2. The van der Waals surface area contributed by atoms with E-state index in [2.05, 4.69) is 16.7 Å². The molecule has 0 aliphatic heterocycles. The zero-order valence-corrected chi connectivity index (χ0v) is 15.1. The van der Waals surface area contributed by atoms with Crippen molar-refractivity contribution in [3.05, 3.63) is 45.7 Å². The number of ether oxygens (including phenoxy) is 2. The third kappa shape index (κ3) is 4.05. The molecule has 7 heteroatoms. The second-order valence-corrected chi connectivity index (χ2v) is 6.10. The van der Waals surface area contributed by atoms with Gasteiger partial charge in [-0.1, -0.05) is 12.2 Å². The van der Waals surface area contributed by atoms with Crippen LogP contribution in [0.25, 0.3) is 0 Å². The van der Waals surface area contributed by atoms with E-state index >= 15 is 0 Å². The first-order valence-electron chi connectivity index (χ1n) is 7.27. The second-order valence-electron chi connectivity index (χ2n) is 5.26. The molecule has 0 aliphatic rings. The van der Waals surface area contributed by atoms with Gasteiger partial charge in [-0.2, -0.15) is 5.10 Å². The highest BCUT2D eigenvalue weighted by molar-refractivity contribution is 7.07. The van der Waals surface area contributed by atoms with Crippen LogP contribution >= 0.6 is 11.3 Å². The van der Waals surface area contributed by atoms with E-state index in [0.29, 0.717) is 18.0 Å². The Kier molecular flexibility index (Phi) is 5.81.